The summed E-state index contributed by atoms with van der Waals surface area (Å²) in [6, 6.07) is 4.69. The highest BCUT2D eigenvalue weighted by atomic mass is 79.9. The van der Waals surface area contributed by atoms with E-state index in [1.165, 1.54) is 12.1 Å². The van der Waals surface area contributed by atoms with Gasteiger partial charge in [-0.1, -0.05) is 29.8 Å². The van der Waals surface area contributed by atoms with Crippen molar-refractivity contribution in [1.29, 1.82) is 0 Å². The van der Waals surface area contributed by atoms with Crippen LogP contribution < -0.4 is 0 Å². The van der Waals surface area contributed by atoms with E-state index in [1.54, 1.807) is 0 Å². The van der Waals surface area contributed by atoms with Gasteiger partial charge in [-0.05, 0) is 36.1 Å². The first-order valence-electron chi connectivity index (χ1n) is 4.62. The van der Waals surface area contributed by atoms with Crippen molar-refractivity contribution in [3.63, 3.8) is 0 Å². The number of aliphatic hydroxyl groups is 1. The van der Waals surface area contributed by atoms with Gasteiger partial charge in [-0.25, -0.2) is 4.39 Å². The summed E-state index contributed by atoms with van der Waals surface area (Å²) in [5.41, 5.74) is 0.818. The maximum atomic E-state index is 13.0. The Kier molecular flexibility index (Phi) is 4.08. The molecule has 0 fully saturated rings. The van der Waals surface area contributed by atoms with Crippen LogP contribution in [0.3, 0.4) is 0 Å². The average Bonchev–Trinajstić information content (AvgIpc) is 2.01. The minimum Gasteiger partial charge on any atom is -0.393 e. The van der Waals surface area contributed by atoms with Gasteiger partial charge in [0.25, 0.3) is 0 Å². The fourth-order valence-electron chi connectivity index (χ4n) is 1.21. The Labute approximate surface area is 92.1 Å². The van der Waals surface area contributed by atoms with E-state index >= 15 is 0 Å². The van der Waals surface area contributed by atoms with Crippen LogP contribution in [0.4, 0.5) is 4.39 Å². The molecule has 0 radical (unpaired) electrons. The zero-order valence-corrected chi connectivity index (χ0v) is 9.88. The fourth-order valence-corrected chi connectivity index (χ4v) is 1.72. The molecular weight excluding hydrogens is 247 g/mol. The molecule has 3 heteroatoms. The summed E-state index contributed by atoms with van der Waals surface area (Å²) in [6.45, 7) is 3.89. The highest BCUT2D eigenvalue weighted by Crippen LogP contribution is 2.17. The van der Waals surface area contributed by atoms with Crippen molar-refractivity contribution in [3.8, 4) is 0 Å². The normalized spacial score (nSPS) is 13.3. The number of halogens is 2. The monoisotopic (exact) mass is 260 g/mol. The Morgan fingerprint density at radius 2 is 2.00 bits per heavy atom. The molecule has 0 heterocycles. The summed E-state index contributed by atoms with van der Waals surface area (Å²) in [5.74, 6) is -0.0811. The second-order valence-corrected chi connectivity index (χ2v) is 4.71. The number of rotatable bonds is 3. The summed E-state index contributed by atoms with van der Waals surface area (Å²) < 4.78 is 13.7. The van der Waals surface area contributed by atoms with Crippen LogP contribution in [0.15, 0.2) is 22.7 Å². The molecule has 14 heavy (non-hydrogen) atoms. The summed E-state index contributed by atoms with van der Waals surface area (Å²) in [7, 11) is 0. The maximum Gasteiger partial charge on any atom is 0.124 e. The van der Waals surface area contributed by atoms with Crippen LogP contribution in [-0.2, 0) is 6.42 Å². The van der Waals surface area contributed by atoms with Gasteiger partial charge < -0.3 is 5.11 Å². The van der Waals surface area contributed by atoms with Crippen molar-refractivity contribution in [2.45, 2.75) is 26.4 Å². The summed E-state index contributed by atoms with van der Waals surface area (Å²) in [6.07, 6.45) is 0.0808. The van der Waals surface area contributed by atoms with Crippen molar-refractivity contribution in [1.82, 2.24) is 0 Å². The first-order valence-corrected chi connectivity index (χ1v) is 5.41. The molecule has 1 aromatic carbocycles. The van der Waals surface area contributed by atoms with Crippen LogP contribution in [0.25, 0.3) is 0 Å². The molecule has 1 unspecified atom stereocenters. The van der Waals surface area contributed by atoms with Gasteiger partial charge >= 0.3 is 0 Å². The fraction of sp³-hybridized carbons (Fsp3) is 0.455. The third-order valence-electron chi connectivity index (χ3n) is 2.14. The Morgan fingerprint density at radius 1 is 1.36 bits per heavy atom. The molecular formula is C11H14BrFO. The van der Waals surface area contributed by atoms with Crippen LogP contribution in [0.2, 0.25) is 0 Å². The highest BCUT2D eigenvalue weighted by Gasteiger charge is 2.10. The highest BCUT2D eigenvalue weighted by molar-refractivity contribution is 9.10. The van der Waals surface area contributed by atoms with E-state index in [-0.39, 0.29) is 11.7 Å². The summed E-state index contributed by atoms with van der Waals surface area (Å²) in [5, 5.41) is 9.62. The van der Waals surface area contributed by atoms with Crippen molar-refractivity contribution in [3.05, 3.63) is 34.1 Å². The number of benzene rings is 1. The van der Waals surface area contributed by atoms with E-state index in [0.29, 0.717) is 10.9 Å². The maximum absolute atomic E-state index is 13.0. The third kappa shape index (κ3) is 3.39. The van der Waals surface area contributed by atoms with Crippen LogP contribution in [0, 0.1) is 11.7 Å². The first-order chi connectivity index (χ1) is 6.49. The molecule has 0 aliphatic rings. The van der Waals surface area contributed by atoms with Gasteiger partial charge in [0.2, 0.25) is 0 Å². The van der Waals surface area contributed by atoms with Gasteiger partial charge in [-0.15, -0.1) is 0 Å². The molecule has 0 aliphatic carbocycles. The van der Waals surface area contributed by atoms with E-state index < -0.39 is 6.10 Å². The molecule has 0 aliphatic heterocycles. The van der Waals surface area contributed by atoms with E-state index in [1.807, 2.05) is 19.9 Å². The van der Waals surface area contributed by atoms with E-state index in [4.69, 9.17) is 0 Å². The topological polar surface area (TPSA) is 20.2 Å². The smallest absolute Gasteiger partial charge is 0.124 e. The van der Waals surface area contributed by atoms with Crippen molar-refractivity contribution < 1.29 is 9.50 Å². The lowest BCUT2D eigenvalue weighted by Crippen LogP contribution is -2.17. The lowest BCUT2D eigenvalue weighted by Gasteiger charge is -2.14. The largest absolute Gasteiger partial charge is 0.393 e. The summed E-state index contributed by atoms with van der Waals surface area (Å²) >= 11 is 3.22. The van der Waals surface area contributed by atoms with Gasteiger partial charge in [-0.2, -0.15) is 0 Å². The van der Waals surface area contributed by atoms with Crippen LogP contribution in [0.1, 0.15) is 19.4 Å². The first kappa shape index (κ1) is 11.7. The van der Waals surface area contributed by atoms with Crippen molar-refractivity contribution in [2.24, 2.45) is 5.92 Å². The standard InChI is InChI=1S/C11H14BrFO/c1-7(2)11(14)5-8-3-9(12)6-10(13)4-8/h3-4,6-7,11,14H,5H2,1-2H3. The zero-order chi connectivity index (χ0) is 10.7. The van der Waals surface area contributed by atoms with Gasteiger partial charge in [0.1, 0.15) is 5.82 Å². The number of hydrogen-bond acceptors (Lipinski definition) is 1. The Balaban J connectivity index is 2.76. The quantitative estimate of drug-likeness (QED) is 0.886. The molecule has 0 aromatic heterocycles. The molecule has 1 aromatic rings. The second kappa shape index (κ2) is 4.89. The number of hydrogen-bond donors (Lipinski definition) is 1. The SMILES string of the molecule is CC(C)C(O)Cc1cc(F)cc(Br)c1. The van der Waals surface area contributed by atoms with Gasteiger partial charge in [-0.3, -0.25) is 0 Å². The molecule has 0 saturated carbocycles. The molecule has 1 nitrogen and oxygen atoms in total. The van der Waals surface area contributed by atoms with Crippen molar-refractivity contribution >= 4 is 15.9 Å². The van der Waals surface area contributed by atoms with Gasteiger partial charge in [0.05, 0.1) is 6.10 Å². The lowest BCUT2D eigenvalue weighted by molar-refractivity contribution is 0.125. The predicted octanol–water partition coefficient (Wildman–Crippen LogP) is 3.15. The zero-order valence-electron chi connectivity index (χ0n) is 8.30. The molecule has 1 atom stereocenters. The van der Waals surface area contributed by atoms with Crippen LogP contribution in [-0.4, -0.2) is 11.2 Å². The molecule has 0 amide bonds. The number of aliphatic hydroxyl groups excluding tert-OH is 1. The molecule has 0 spiro atoms. The molecule has 0 saturated heterocycles. The Hall–Kier alpha value is -0.410. The molecule has 78 valence electrons. The Bertz CT molecular complexity index is 292. The molecule has 1 rings (SSSR count). The summed E-state index contributed by atoms with van der Waals surface area (Å²) in [4.78, 5) is 0. The van der Waals surface area contributed by atoms with Crippen LogP contribution >= 0.6 is 15.9 Å². The lowest BCUT2D eigenvalue weighted by atomic mass is 9.99. The Morgan fingerprint density at radius 3 is 2.50 bits per heavy atom. The van der Waals surface area contributed by atoms with Crippen LogP contribution in [0.5, 0.6) is 0 Å². The van der Waals surface area contributed by atoms with E-state index in [2.05, 4.69) is 15.9 Å². The average molecular weight is 261 g/mol. The molecule has 0 bridgehead atoms. The van der Waals surface area contributed by atoms with Crippen molar-refractivity contribution in [2.75, 3.05) is 0 Å². The molecule has 1 N–H and O–H groups in total. The van der Waals surface area contributed by atoms with Gasteiger partial charge in [0.15, 0.2) is 0 Å². The van der Waals surface area contributed by atoms with E-state index in [9.17, 15) is 9.50 Å². The third-order valence-corrected chi connectivity index (χ3v) is 2.59. The van der Waals surface area contributed by atoms with Gasteiger partial charge in [0, 0.05) is 4.47 Å². The van der Waals surface area contributed by atoms with E-state index in [0.717, 1.165) is 5.56 Å². The minimum atomic E-state index is -0.413. The minimum absolute atomic E-state index is 0.192. The predicted molar refractivity (Wildman–Crippen MR) is 58.6 cm³/mol. The second-order valence-electron chi connectivity index (χ2n) is 3.79.